The van der Waals surface area contributed by atoms with Gasteiger partial charge < -0.3 is 10.6 Å². The largest absolute Gasteiger partial charge is 0.352 e. The Morgan fingerprint density at radius 2 is 2.28 bits per heavy atom. The molecule has 2 bridgehead atoms. The zero-order valence-corrected chi connectivity index (χ0v) is 12.0. The van der Waals surface area contributed by atoms with E-state index in [4.69, 9.17) is 0 Å². The number of hydrogen-bond donors (Lipinski definition) is 2. The molecule has 0 radical (unpaired) electrons. The van der Waals surface area contributed by atoms with Crippen molar-refractivity contribution in [3.05, 3.63) is 0 Å². The predicted molar refractivity (Wildman–Crippen MR) is 75.7 cm³/mol. The average Bonchev–Trinajstić information content (AvgIpc) is 3.02. The molecule has 0 aromatic heterocycles. The van der Waals surface area contributed by atoms with E-state index in [2.05, 4.69) is 17.6 Å². The molecule has 3 aliphatic rings. The highest BCUT2D eigenvalue weighted by Gasteiger charge is 2.42. The summed E-state index contributed by atoms with van der Waals surface area (Å²) in [6.45, 7) is 3.17. The Morgan fingerprint density at radius 1 is 1.39 bits per heavy atom. The first kappa shape index (κ1) is 12.8. The molecule has 1 saturated heterocycles. The number of carbonyl (C=O) groups excluding carboxylic acids is 1. The highest BCUT2D eigenvalue weighted by atomic mass is 32.2. The van der Waals surface area contributed by atoms with Crippen molar-refractivity contribution >= 4 is 17.7 Å². The van der Waals surface area contributed by atoms with Crippen molar-refractivity contribution in [1.82, 2.24) is 10.6 Å². The van der Waals surface area contributed by atoms with Gasteiger partial charge in [-0.15, -0.1) is 0 Å². The molecule has 0 aromatic rings. The Bertz CT molecular complexity index is 317. The summed E-state index contributed by atoms with van der Waals surface area (Å²) in [7, 11) is 0. The lowest BCUT2D eigenvalue weighted by atomic mass is 9.84. The van der Waals surface area contributed by atoms with Crippen molar-refractivity contribution < 1.29 is 4.79 Å². The van der Waals surface area contributed by atoms with E-state index >= 15 is 0 Å². The summed E-state index contributed by atoms with van der Waals surface area (Å²) < 4.78 is 0. The SMILES string of the molecule is CC(NC(=O)C1CSCCN1)C1CC2CCC1C2. The van der Waals surface area contributed by atoms with Crippen molar-refractivity contribution in [2.45, 2.75) is 44.7 Å². The lowest BCUT2D eigenvalue weighted by Crippen LogP contribution is -2.52. The molecule has 2 saturated carbocycles. The van der Waals surface area contributed by atoms with Gasteiger partial charge in [0.05, 0.1) is 6.04 Å². The van der Waals surface area contributed by atoms with Crippen molar-refractivity contribution in [2.24, 2.45) is 17.8 Å². The summed E-state index contributed by atoms with van der Waals surface area (Å²) in [5.74, 6) is 4.86. The number of fused-ring (bicyclic) bond motifs is 2. The van der Waals surface area contributed by atoms with Crippen LogP contribution in [0.1, 0.15) is 32.6 Å². The monoisotopic (exact) mass is 268 g/mol. The first-order valence-electron chi connectivity index (χ1n) is 7.35. The van der Waals surface area contributed by atoms with Crippen LogP contribution in [0.3, 0.4) is 0 Å². The van der Waals surface area contributed by atoms with Crippen molar-refractivity contribution in [1.29, 1.82) is 0 Å². The minimum atomic E-state index is 0.0322. The molecule has 3 fully saturated rings. The van der Waals surface area contributed by atoms with Gasteiger partial charge in [0.25, 0.3) is 0 Å². The average molecular weight is 268 g/mol. The maximum atomic E-state index is 12.2. The fraction of sp³-hybridized carbons (Fsp3) is 0.929. The molecular weight excluding hydrogens is 244 g/mol. The first-order chi connectivity index (χ1) is 8.74. The molecule has 102 valence electrons. The van der Waals surface area contributed by atoms with Crippen LogP contribution in [-0.2, 0) is 4.79 Å². The number of carbonyl (C=O) groups is 1. The number of amides is 1. The third kappa shape index (κ3) is 2.55. The second-order valence-electron chi connectivity index (χ2n) is 6.22. The van der Waals surface area contributed by atoms with E-state index in [1.165, 1.54) is 25.7 Å². The standard InChI is InChI=1S/C14H24N2OS/c1-9(12-7-10-2-3-11(12)6-10)16-14(17)13-8-18-5-4-15-13/h9-13,15H,2-8H2,1H3,(H,16,17). The Kier molecular flexibility index (Phi) is 3.85. The van der Waals surface area contributed by atoms with Crippen LogP contribution in [0.25, 0.3) is 0 Å². The van der Waals surface area contributed by atoms with Crippen LogP contribution in [0.5, 0.6) is 0 Å². The molecule has 3 rings (SSSR count). The van der Waals surface area contributed by atoms with E-state index in [9.17, 15) is 4.79 Å². The second-order valence-corrected chi connectivity index (χ2v) is 7.37. The van der Waals surface area contributed by atoms with Crippen LogP contribution in [0.15, 0.2) is 0 Å². The van der Waals surface area contributed by atoms with Crippen molar-refractivity contribution in [3.8, 4) is 0 Å². The third-order valence-corrected chi connectivity index (χ3v) is 6.10. The Balaban J connectivity index is 1.51. The molecule has 2 N–H and O–H groups in total. The third-order valence-electron chi connectivity index (χ3n) is 5.04. The highest BCUT2D eigenvalue weighted by molar-refractivity contribution is 7.99. The molecule has 5 atom stereocenters. The smallest absolute Gasteiger partial charge is 0.238 e. The number of hydrogen-bond acceptors (Lipinski definition) is 3. The second kappa shape index (κ2) is 5.41. The number of rotatable bonds is 3. The Hall–Kier alpha value is -0.220. The van der Waals surface area contributed by atoms with E-state index < -0.39 is 0 Å². The summed E-state index contributed by atoms with van der Waals surface area (Å²) in [4.78, 5) is 12.2. The van der Waals surface area contributed by atoms with Crippen LogP contribution < -0.4 is 10.6 Å². The van der Waals surface area contributed by atoms with E-state index in [0.717, 1.165) is 35.8 Å². The van der Waals surface area contributed by atoms with Crippen LogP contribution in [-0.4, -0.2) is 36.0 Å². The maximum absolute atomic E-state index is 12.2. The molecule has 1 aliphatic heterocycles. The maximum Gasteiger partial charge on any atom is 0.238 e. The predicted octanol–water partition coefficient (Wildman–Crippen LogP) is 1.63. The summed E-state index contributed by atoms with van der Waals surface area (Å²) in [5.41, 5.74) is 0. The molecule has 3 nitrogen and oxygen atoms in total. The molecule has 18 heavy (non-hydrogen) atoms. The molecule has 4 heteroatoms. The first-order valence-corrected chi connectivity index (χ1v) is 8.51. The zero-order chi connectivity index (χ0) is 12.5. The van der Waals surface area contributed by atoms with Gasteiger partial charge in [-0.05, 0) is 43.9 Å². The fourth-order valence-electron chi connectivity index (χ4n) is 4.07. The van der Waals surface area contributed by atoms with Gasteiger partial charge in [0.1, 0.15) is 0 Å². The molecular formula is C14H24N2OS. The van der Waals surface area contributed by atoms with Crippen molar-refractivity contribution in [3.63, 3.8) is 0 Å². The summed E-state index contributed by atoms with van der Waals surface area (Å²) >= 11 is 1.88. The minimum Gasteiger partial charge on any atom is -0.352 e. The van der Waals surface area contributed by atoms with E-state index in [0.29, 0.717) is 6.04 Å². The molecule has 2 aliphatic carbocycles. The van der Waals surface area contributed by atoms with E-state index in [1.807, 2.05) is 11.8 Å². The molecule has 1 amide bonds. The Morgan fingerprint density at radius 3 is 2.89 bits per heavy atom. The molecule has 0 spiro atoms. The van der Waals surface area contributed by atoms with Crippen molar-refractivity contribution in [2.75, 3.05) is 18.1 Å². The topological polar surface area (TPSA) is 41.1 Å². The van der Waals surface area contributed by atoms with Gasteiger partial charge in [-0.2, -0.15) is 11.8 Å². The van der Waals surface area contributed by atoms with Crippen LogP contribution in [0, 0.1) is 17.8 Å². The quantitative estimate of drug-likeness (QED) is 0.817. The number of nitrogens with one attached hydrogen (secondary N) is 2. The van der Waals surface area contributed by atoms with E-state index in [1.54, 1.807) is 0 Å². The molecule has 5 unspecified atom stereocenters. The zero-order valence-electron chi connectivity index (χ0n) is 11.2. The summed E-state index contributed by atoms with van der Waals surface area (Å²) in [6, 6.07) is 0.395. The van der Waals surface area contributed by atoms with Gasteiger partial charge in [0.15, 0.2) is 0 Å². The van der Waals surface area contributed by atoms with Crippen LogP contribution in [0.4, 0.5) is 0 Å². The minimum absolute atomic E-state index is 0.0322. The van der Waals surface area contributed by atoms with Gasteiger partial charge in [-0.25, -0.2) is 0 Å². The van der Waals surface area contributed by atoms with Crippen LogP contribution >= 0.6 is 11.8 Å². The van der Waals surface area contributed by atoms with Gasteiger partial charge in [-0.1, -0.05) is 6.42 Å². The lowest BCUT2D eigenvalue weighted by Gasteiger charge is -2.30. The Labute approximate surface area is 114 Å². The fourth-order valence-corrected chi connectivity index (χ4v) is 5.01. The molecule has 0 aromatic carbocycles. The lowest BCUT2D eigenvalue weighted by molar-refractivity contribution is -0.123. The van der Waals surface area contributed by atoms with E-state index in [-0.39, 0.29) is 11.9 Å². The molecule has 1 heterocycles. The summed E-state index contributed by atoms with van der Waals surface area (Å²) in [6.07, 6.45) is 5.59. The number of thioether (sulfide) groups is 1. The summed E-state index contributed by atoms with van der Waals surface area (Å²) in [5, 5.41) is 6.58. The van der Waals surface area contributed by atoms with Gasteiger partial charge in [0.2, 0.25) is 5.91 Å². The van der Waals surface area contributed by atoms with Gasteiger partial charge in [0, 0.05) is 24.1 Å². The highest BCUT2D eigenvalue weighted by Crippen LogP contribution is 2.49. The normalized spacial score (nSPS) is 40.7. The van der Waals surface area contributed by atoms with Crippen LogP contribution in [0.2, 0.25) is 0 Å². The van der Waals surface area contributed by atoms with Gasteiger partial charge in [-0.3, -0.25) is 4.79 Å². The van der Waals surface area contributed by atoms with Gasteiger partial charge >= 0.3 is 0 Å².